The van der Waals surface area contributed by atoms with Gasteiger partial charge in [0.2, 0.25) is 5.91 Å². The molecule has 1 aliphatic rings. The van der Waals surface area contributed by atoms with Crippen molar-refractivity contribution >= 4 is 21.6 Å². The van der Waals surface area contributed by atoms with Crippen LogP contribution in [0, 0.1) is 0 Å². The molecule has 0 aromatic heterocycles. The third-order valence-electron chi connectivity index (χ3n) is 2.57. The Morgan fingerprint density at radius 3 is 2.82 bits per heavy atom. The van der Waals surface area contributed by atoms with Gasteiger partial charge in [0.25, 0.3) is 10.0 Å². The summed E-state index contributed by atoms with van der Waals surface area (Å²) < 4.78 is 25.7. The van der Waals surface area contributed by atoms with Crippen LogP contribution in [0.1, 0.15) is 5.56 Å². The number of benzene rings is 1. The van der Waals surface area contributed by atoms with Gasteiger partial charge in [-0.15, -0.1) is 0 Å². The Bertz CT molecular complexity index is 646. The van der Waals surface area contributed by atoms with Crippen LogP contribution >= 0.6 is 0 Å². The minimum Gasteiger partial charge on any atom is -0.315 e. The summed E-state index contributed by atoms with van der Waals surface area (Å²) in [5.41, 5.74) is 9.45. The van der Waals surface area contributed by atoms with Gasteiger partial charge in [0.05, 0.1) is 11.3 Å². The lowest BCUT2D eigenvalue weighted by molar-refractivity contribution is -0.117. The summed E-state index contributed by atoms with van der Waals surface area (Å²) in [4.78, 5) is 15.0. The third-order valence-corrected chi connectivity index (χ3v) is 3.71. The molecular weight excluding hydrogens is 244 g/mol. The van der Waals surface area contributed by atoms with Gasteiger partial charge in [0, 0.05) is 22.2 Å². The first-order chi connectivity index (χ1) is 7.95. The third kappa shape index (κ3) is 1.83. The second-order valence-electron chi connectivity index (χ2n) is 3.57. The Kier molecular flexibility index (Phi) is 2.53. The molecule has 0 saturated carbocycles. The summed E-state index contributed by atoms with van der Waals surface area (Å²) in [7, 11) is -2.37. The Morgan fingerprint density at radius 2 is 2.18 bits per heavy atom. The molecule has 0 atom stereocenters. The van der Waals surface area contributed by atoms with Crippen LogP contribution in [0.4, 0.5) is 5.69 Å². The molecule has 1 heterocycles. The maximum atomic E-state index is 11.5. The van der Waals surface area contributed by atoms with Crippen LogP contribution in [0.25, 0.3) is 10.4 Å². The van der Waals surface area contributed by atoms with E-state index < -0.39 is 10.0 Å². The Labute approximate surface area is 97.3 Å². The highest BCUT2D eigenvalue weighted by atomic mass is 32.2. The van der Waals surface area contributed by atoms with Crippen LogP contribution in [-0.4, -0.2) is 21.4 Å². The van der Waals surface area contributed by atoms with Gasteiger partial charge in [0.1, 0.15) is 0 Å². The molecule has 0 bridgehead atoms. The maximum Gasteiger partial charge on any atom is 0.264 e. The van der Waals surface area contributed by atoms with Crippen molar-refractivity contribution < 1.29 is 13.2 Å². The van der Waals surface area contributed by atoms with Crippen LogP contribution in [0.5, 0.6) is 0 Å². The quantitative estimate of drug-likeness (QED) is 0.448. The molecule has 1 aromatic carbocycles. The number of hydrogen-bond donors (Lipinski definition) is 0. The predicted octanol–water partition coefficient (Wildman–Crippen LogP) is 1.20. The molecule has 8 heteroatoms. The Balaban J connectivity index is 2.54. The number of carbonyl (C=O) groups excluding carboxylic acids is 1. The highest BCUT2D eigenvalue weighted by molar-refractivity contribution is 7.90. The minimum atomic E-state index is -3.99. The van der Waals surface area contributed by atoms with Crippen molar-refractivity contribution in [1.82, 2.24) is 0 Å². The minimum absolute atomic E-state index is 0.0988. The van der Waals surface area contributed by atoms with Crippen molar-refractivity contribution in [1.29, 1.82) is 0 Å². The molecule has 0 unspecified atom stereocenters. The molecule has 1 aromatic rings. The fourth-order valence-corrected chi connectivity index (χ4v) is 2.42. The molecule has 1 amide bonds. The topological polar surface area (TPSA) is 103 Å². The highest BCUT2D eigenvalue weighted by Crippen LogP contribution is 2.30. The van der Waals surface area contributed by atoms with Crippen LogP contribution in [0.15, 0.2) is 27.6 Å². The van der Waals surface area contributed by atoms with Gasteiger partial charge in [-0.1, -0.05) is 0 Å². The molecule has 0 saturated heterocycles. The SMILES string of the molecule is CN1C(=O)Cc2cc(S(=O)(=O)N=[N+]=[N-])ccc21. The summed E-state index contributed by atoms with van der Waals surface area (Å²) in [5, 5.41) is 0. The monoisotopic (exact) mass is 252 g/mol. The number of hydrogen-bond acceptors (Lipinski definition) is 3. The number of likely N-dealkylation sites (N-methyl/N-ethyl adjacent to an activating group) is 1. The standard InChI is InChI=1S/C9H8N4O3S/c1-13-8-3-2-7(17(15,16)12-11-10)4-6(8)5-9(13)14/h2-4H,5H2,1H3. The van der Waals surface area contributed by atoms with Gasteiger partial charge in [0.15, 0.2) is 0 Å². The van der Waals surface area contributed by atoms with Gasteiger partial charge < -0.3 is 4.90 Å². The summed E-state index contributed by atoms with van der Waals surface area (Å²) in [5.74, 6) is -0.0988. The van der Waals surface area contributed by atoms with E-state index in [2.05, 4.69) is 9.43 Å². The molecule has 0 spiro atoms. The molecule has 17 heavy (non-hydrogen) atoms. The van der Waals surface area contributed by atoms with Crippen molar-refractivity contribution in [2.75, 3.05) is 11.9 Å². The summed E-state index contributed by atoms with van der Waals surface area (Å²) in [6.07, 6.45) is 0.158. The van der Waals surface area contributed by atoms with E-state index in [1.165, 1.54) is 23.1 Å². The molecule has 2 rings (SSSR count). The van der Waals surface area contributed by atoms with E-state index in [0.29, 0.717) is 11.3 Å². The number of sulfonamides is 1. The van der Waals surface area contributed by atoms with Crippen molar-refractivity contribution in [3.63, 3.8) is 0 Å². The molecule has 7 nitrogen and oxygen atoms in total. The van der Waals surface area contributed by atoms with Crippen molar-refractivity contribution in [2.45, 2.75) is 11.3 Å². The van der Waals surface area contributed by atoms with Crippen LogP contribution in [-0.2, 0) is 21.2 Å². The molecule has 0 N–H and O–H groups in total. The number of carbonyl (C=O) groups is 1. The molecular formula is C9H8N4O3S. The fraction of sp³-hybridized carbons (Fsp3) is 0.222. The number of fused-ring (bicyclic) bond motifs is 1. The van der Waals surface area contributed by atoms with E-state index in [1.54, 1.807) is 7.05 Å². The Hall–Kier alpha value is -2.05. The average Bonchev–Trinajstić information content (AvgIpc) is 2.54. The van der Waals surface area contributed by atoms with E-state index in [9.17, 15) is 13.2 Å². The van der Waals surface area contributed by atoms with Crippen LogP contribution < -0.4 is 4.90 Å². The van der Waals surface area contributed by atoms with Crippen molar-refractivity contribution in [3.05, 3.63) is 34.2 Å². The summed E-state index contributed by atoms with van der Waals surface area (Å²) >= 11 is 0. The second-order valence-corrected chi connectivity index (χ2v) is 5.15. The van der Waals surface area contributed by atoms with Gasteiger partial charge in [-0.25, -0.2) is 8.42 Å². The van der Waals surface area contributed by atoms with E-state index >= 15 is 0 Å². The first-order valence-electron chi connectivity index (χ1n) is 4.66. The zero-order valence-corrected chi connectivity index (χ0v) is 9.68. The largest absolute Gasteiger partial charge is 0.315 e. The average molecular weight is 252 g/mol. The molecule has 1 aliphatic heterocycles. The number of azide groups is 1. The number of rotatable bonds is 2. The second kappa shape index (κ2) is 3.76. The van der Waals surface area contributed by atoms with Crippen molar-refractivity contribution in [3.8, 4) is 0 Å². The van der Waals surface area contributed by atoms with Gasteiger partial charge in [-0.2, -0.15) is 0 Å². The van der Waals surface area contributed by atoms with Gasteiger partial charge in [-0.3, -0.25) is 4.79 Å². The molecule has 0 fully saturated rings. The molecule has 0 radical (unpaired) electrons. The lowest BCUT2D eigenvalue weighted by Gasteiger charge is -2.09. The zero-order valence-electron chi connectivity index (χ0n) is 8.86. The zero-order chi connectivity index (χ0) is 12.6. The van der Waals surface area contributed by atoms with E-state index in [0.717, 1.165) is 0 Å². The van der Waals surface area contributed by atoms with Gasteiger partial charge >= 0.3 is 0 Å². The first-order valence-corrected chi connectivity index (χ1v) is 6.10. The normalized spacial score (nSPS) is 14.4. The maximum absolute atomic E-state index is 11.5. The van der Waals surface area contributed by atoms with Crippen LogP contribution in [0.3, 0.4) is 0 Å². The van der Waals surface area contributed by atoms with E-state index in [-0.39, 0.29) is 17.2 Å². The highest BCUT2D eigenvalue weighted by Gasteiger charge is 2.25. The Morgan fingerprint density at radius 1 is 1.47 bits per heavy atom. The number of anilines is 1. The number of nitrogens with zero attached hydrogens (tertiary/aromatic N) is 4. The molecule has 0 aliphatic carbocycles. The van der Waals surface area contributed by atoms with E-state index in [4.69, 9.17) is 5.53 Å². The predicted molar refractivity (Wildman–Crippen MR) is 59.9 cm³/mol. The first kappa shape index (κ1) is 11.4. The van der Waals surface area contributed by atoms with E-state index in [1.807, 2.05) is 0 Å². The smallest absolute Gasteiger partial charge is 0.264 e. The lowest BCUT2D eigenvalue weighted by Crippen LogP contribution is -2.20. The summed E-state index contributed by atoms with van der Waals surface area (Å²) in [6, 6.07) is 4.21. The lowest BCUT2D eigenvalue weighted by atomic mass is 10.2. The fourth-order valence-electron chi connectivity index (χ4n) is 1.70. The van der Waals surface area contributed by atoms with Crippen molar-refractivity contribution in [2.24, 2.45) is 4.52 Å². The number of amides is 1. The molecule has 88 valence electrons. The van der Waals surface area contributed by atoms with Gasteiger partial charge in [-0.05, 0) is 29.3 Å². The summed E-state index contributed by atoms with van der Waals surface area (Å²) in [6.45, 7) is 0. The van der Waals surface area contributed by atoms with Crippen LogP contribution in [0.2, 0.25) is 0 Å².